The summed E-state index contributed by atoms with van der Waals surface area (Å²) in [6.45, 7) is -0.0566. The number of carbonyl (C=O) groups is 1. The smallest absolute Gasteiger partial charge is 0.246 e. The fraction of sp³-hybridized carbons (Fsp3) is 0.0500. The number of para-hydroxylation sites is 1. The molecule has 0 bridgehead atoms. The standard InChI is InChI=1S/C20H15Cl2N5OS/c21-15-9-7-14(8-10-15)19-24-26(20(29)27(19)25-11-3-4-12-25)13-18(28)23-17-6-2-1-5-16(17)22/h1-12H,13H2,(H,23,28). The highest BCUT2D eigenvalue weighted by Crippen LogP contribution is 2.22. The molecule has 0 radical (unpaired) electrons. The van der Waals surface area contributed by atoms with Gasteiger partial charge in [0.1, 0.15) is 6.54 Å². The van der Waals surface area contributed by atoms with Crippen LogP contribution in [0, 0.1) is 4.77 Å². The van der Waals surface area contributed by atoms with E-state index in [-0.39, 0.29) is 12.5 Å². The number of hydrogen-bond donors (Lipinski definition) is 1. The number of carbonyl (C=O) groups excluding carboxylic acids is 1. The third-order valence-electron chi connectivity index (χ3n) is 4.18. The lowest BCUT2D eigenvalue weighted by Crippen LogP contribution is -2.20. The van der Waals surface area contributed by atoms with Crippen LogP contribution in [0.5, 0.6) is 0 Å². The topological polar surface area (TPSA) is 56.8 Å². The maximum atomic E-state index is 12.6. The molecule has 2 heterocycles. The van der Waals surface area contributed by atoms with Gasteiger partial charge >= 0.3 is 0 Å². The van der Waals surface area contributed by atoms with Crippen molar-refractivity contribution >= 4 is 47.0 Å². The molecule has 4 rings (SSSR count). The molecule has 1 N–H and O–H groups in total. The fourth-order valence-electron chi connectivity index (χ4n) is 2.84. The van der Waals surface area contributed by atoms with Crippen molar-refractivity contribution in [1.82, 2.24) is 19.1 Å². The molecule has 2 aromatic carbocycles. The van der Waals surface area contributed by atoms with Gasteiger partial charge in [-0.05, 0) is 60.7 Å². The number of rotatable bonds is 5. The Balaban J connectivity index is 1.70. The average molecular weight is 444 g/mol. The number of hydrogen-bond acceptors (Lipinski definition) is 3. The van der Waals surface area contributed by atoms with Crippen LogP contribution < -0.4 is 5.32 Å². The highest BCUT2D eigenvalue weighted by atomic mass is 35.5. The van der Waals surface area contributed by atoms with E-state index in [2.05, 4.69) is 10.4 Å². The minimum absolute atomic E-state index is 0.0566. The van der Waals surface area contributed by atoms with Crippen LogP contribution in [0.1, 0.15) is 0 Å². The van der Waals surface area contributed by atoms with E-state index in [1.807, 2.05) is 41.3 Å². The first kappa shape index (κ1) is 19.4. The van der Waals surface area contributed by atoms with Gasteiger partial charge in [-0.1, -0.05) is 35.3 Å². The molecule has 0 unspecified atom stereocenters. The number of amides is 1. The minimum atomic E-state index is -0.283. The first-order valence-electron chi connectivity index (χ1n) is 8.67. The molecule has 4 aromatic rings. The molecular weight excluding hydrogens is 429 g/mol. The second-order valence-electron chi connectivity index (χ2n) is 6.17. The quantitative estimate of drug-likeness (QED) is 0.434. The van der Waals surface area contributed by atoms with Gasteiger partial charge < -0.3 is 5.32 Å². The molecule has 9 heteroatoms. The number of aromatic nitrogens is 4. The van der Waals surface area contributed by atoms with E-state index in [1.54, 1.807) is 41.1 Å². The van der Waals surface area contributed by atoms with Gasteiger partial charge in [-0.2, -0.15) is 0 Å². The minimum Gasteiger partial charge on any atom is -0.323 e. The SMILES string of the molecule is O=C(Cn1nc(-c2ccc(Cl)cc2)n(-n2cccc2)c1=S)Nc1ccccc1Cl. The molecule has 0 aliphatic carbocycles. The molecule has 146 valence electrons. The van der Waals surface area contributed by atoms with E-state index in [1.165, 1.54) is 4.68 Å². The van der Waals surface area contributed by atoms with Crippen molar-refractivity contribution in [3.8, 4) is 11.4 Å². The largest absolute Gasteiger partial charge is 0.323 e. The Hall–Kier alpha value is -2.87. The maximum absolute atomic E-state index is 12.6. The molecule has 0 aliphatic rings. The van der Waals surface area contributed by atoms with Gasteiger partial charge in [0, 0.05) is 23.0 Å². The lowest BCUT2D eigenvalue weighted by atomic mass is 10.2. The Morgan fingerprint density at radius 3 is 2.38 bits per heavy atom. The Kier molecular flexibility index (Phi) is 5.53. The van der Waals surface area contributed by atoms with Crippen molar-refractivity contribution in [3.63, 3.8) is 0 Å². The second kappa shape index (κ2) is 8.24. The number of nitrogens with zero attached hydrogens (tertiary/aromatic N) is 4. The van der Waals surface area contributed by atoms with E-state index in [9.17, 15) is 4.79 Å². The van der Waals surface area contributed by atoms with E-state index < -0.39 is 0 Å². The second-order valence-corrected chi connectivity index (χ2v) is 7.38. The lowest BCUT2D eigenvalue weighted by Gasteiger charge is -2.08. The Morgan fingerprint density at radius 1 is 1.00 bits per heavy atom. The third-order valence-corrected chi connectivity index (χ3v) is 5.15. The molecule has 2 aromatic heterocycles. The number of benzene rings is 2. The molecule has 0 atom stereocenters. The molecule has 0 fully saturated rings. The van der Waals surface area contributed by atoms with Crippen LogP contribution >= 0.6 is 35.4 Å². The van der Waals surface area contributed by atoms with Gasteiger partial charge in [-0.25, -0.2) is 9.36 Å². The highest BCUT2D eigenvalue weighted by molar-refractivity contribution is 7.71. The predicted molar refractivity (Wildman–Crippen MR) is 117 cm³/mol. The number of anilines is 1. The predicted octanol–water partition coefficient (Wildman–Crippen LogP) is 5.14. The summed E-state index contributed by atoms with van der Waals surface area (Å²) in [5, 5.41) is 8.46. The monoisotopic (exact) mass is 443 g/mol. The molecule has 0 spiro atoms. The summed E-state index contributed by atoms with van der Waals surface area (Å²) in [7, 11) is 0. The third kappa shape index (κ3) is 4.12. The Morgan fingerprint density at radius 2 is 1.69 bits per heavy atom. The summed E-state index contributed by atoms with van der Waals surface area (Å²) in [6.07, 6.45) is 3.70. The van der Waals surface area contributed by atoms with Gasteiger partial charge in [0.25, 0.3) is 0 Å². The van der Waals surface area contributed by atoms with Crippen LogP contribution in [0.15, 0.2) is 73.1 Å². The van der Waals surface area contributed by atoms with Crippen molar-refractivity contribution in [2.45, 2.75) is 6.54 Å². The van der Waals surface area contributed by atoms with Crippen molar-refractivity contribution < 1.29 is 4.79 Å². The zero-order valence-electron chi connectivity index (χ0n) is 15.0. The maximum Gasteiger partial charge on any atom is 0.246 e. The summed E-state index contributed by atoms with van der Waals surface area (Å²) < 4.78 is 5.41. The van der Waals surface area contributed by atoms with Crippen LogP contribution in [0.3, 0.4) is 0 Å². The summed E-state index contributed by atoms with van der Waals surface area (Å²) in [5.74, 6) is 0.308. The lowest BCUT2D eigenvalue weighted by molar-refractivity contribution is -0.116. The first-order chi connectivity index (χ1) is 14.0. The summed E-state index contributed by atoms with van der Waals surface area (Å²) in [6, 6.07) is 18.1. The van der Waals surface area contributed by atoms with Crippen LogP contribution in [0.2, 0.25) is 10.0 Å². The molecule has 6 nitrogen and oxygen atoms in total. The van der Waals surface area contributed by atoms with Gasteiger partial charge in [0.2, 0.25) is 10.7 Å². The highest BCUT2D eigenvalue weighted by Gasteiger charge is 2.16. The van der Waals surface area contributed by atoms with E-state index in [0.717, 1.165) is 5.56 Å². The van der Waals surface area contributed by atoms with Crippen LogP contribution in [0.25, 0.3) is 11.4 Å². The van der Waals surface area contributed by atoms with E-state index in [0.29, 0.717) is 26.3 Å². The van der Waals surface area contributed by atoms with Crippen molar-refractivity contribution in [3.05, 3.63) is 87.9 Å². The van der Waals surface area contributed by atoms with Crippen LogP contribution in [-0.2, 0) is 11.3 Å². The summed E-state index contributed by atoms with van der Waals surface area (Å²) >= 11 is 17.7. The molecule has 29 heavy (non-hydrogen) atoms. The van der Waals surface area contributed by atoms with Crippen molar-refractivity contribution in [1.29, 1.82) is 0 Å². The first-order valence-corrected chi connectivity index (χ1v) is 9.83. The van der Waals surface area contributed by atoms with Crippen LogP contribution in [0.4, 0.5) is 5.69 Å². The Bertz CT molecular complexity index is 1210. The molecule has 0 aliphatic heterocycles. The molecular formula is C20H15Cl2N5OS. The summed E-state index contributed by atoms with van der Waals surface area (Å²) in [4.78, 5) is 12.6. The van der Waals surface area contributed by atoms with Gasteiger partial charge in [-0.15, -0.1) is 5.10 Å². The Labute approximate surface area is 181 Å². The van der Waals surface area contributed by atoms with E-state index >= 15 is 0 Å². The molecule has 0 saturated heterocycles. The number of nitrogens with one attached hydrogen (secondary N) is 1. The molecule has 0 saturated carbocycles. The van der Waals surface area contributed by atoms with Gasteiger partial charge in [0.15, 0.2) is 5.82 Å². The van der Waals surface area contributed by atoms with Crippen LogP contribution in [-0.4, -0.2) is 25.0 Å². The van der Waals surface area contributed by atoms with Crippen molar-refractivity contribution in [2.24, 2.45) is 0 Å². The van der Waals surface area contributed by atoms with Gasteiger partial charge in [-0.3, -0.25) is 9.47 Å². The fourth-order valence-corrected chi connectivity index (χ4v) is 3.43. The van der Waals surface area contributed by atoms with E-state index in [4.69, 9.17) is 35.4 Å². The molecule has 1 amide bonds. The summed E-state index contributed by atoms with van der Waals surface area (Å²) in [5.41, 5.74) is 1.35. The average Bonchev–Trinajstić information content (AvgIpc) is 3.33. The number of halogens is 2. The normalized spacial score (nSPS) is 10.8. The zero-order valence-corrected chi connectivity index (χ0v) is 17.3. The van der Waals surface area contributed by atoms with Crippen molar-refractivity contribution in [2.75, 3.05) is 5.32 Å². The van der Waals surface area contributed by atoms with Gasteiger partial charge in [0.05, 0.1) is 10.7 Å². The zero-order chi connectivity index (χ0) is 20.4.